The van der Waals surface area contributed by atoms with E-state index in [9.17, 15) is 18.8 Å². The molecule has 5 nitrogen and oxygen atoms in total. The van der Waals surface area contributed by atoms with E-state index in [0.29, 0.717) is 29.1 Å². The molecule has 7 heteroatoms. The topological polar surface area (TPSA) is 66.5 Å². The molecule has 1 N–H and O–H groups in total. The summed E-state index contributed by atoms with van der Waals surface area (Å²) in [7, 11) is 0. The fourth-order valence-electron chi connectivity index (χ4n) is 3.79. The number of halogens is 2. The highest BCUT2D eigenvalue weighted by atomic mass is 35.5. The smallest absolute Gasteiger partial charge is 0.273 e. The van der Waals surface area contributed by atoms with Gasteiger partial charge in [-0.2, -0.15) is 0 Å². The first-order valence-corrected chi connectivity index (χ1v) is 10.8. The number of nitrogens with zero attached hydrogens (tertiary/aromatic N) is 1. The molecule has 4 amide bonds. The largest absolute Gasteiger partial charge is 0.335 e. The van der Waals surface area contributed by atoms with Crippen molar-refractivity contribution in [2.75, 3.05) is 4.90 Å². The zero-order valence-electron chi connectivity index (χ0n) is 17.8. The van der Waals surface area contributed by atoms with Crippen LogP contribution in [-0.2, 0) is 22.4 Å². The van der Waals surface area contributed by atoms with E-state index in [1.165, 1.54) is 18.2 Å². The summed E-state index contributed by atoms with van der Waals surface area (Å²) in [5.74, 6) is -1.86. The van der Waals surface area contributed by atoms with Crippen LogP contribution in [0.2, 0.25) is 5.02 Å². The molecule has 0 atom stereocenters. The van der Waals surface area contributed by atoms with E-state index in [0.717, 1.165) is 21.6 Å². The third kappa shape index (κ3) is 4.71. The van der Waals surface area contributed by atoms with E-state index in [1.807, 2.05) is 19.1 Å². The van der Waals surface area contributed by atoms with E-state index >= 15 is 0 Å². The maximum Gasteiger partial charge on any atom is 0.335 e. The Kier molecular flexibility index (Phi) is 6.38. The molecule has 1 fully saturated rings. The standard InChI is InChI=1S/C26H20ClFN2O3/c1-2-17-7-3-4-9-23(17)30-25(32)22(24(31)29-26(30)33)15-19-14-20(27)11-10-18(19)12-16-6-5-8-21(28)13-16/h3-11,13-15H,2,12H2,1H3,(H,29,31,33)/b22-15-. The van der Waals surface area contributed by atoms with Crippen molar-refractivity contribution in [1.82, 2.24) is 5.32 Å². The zero-order chi connectivity index (χ0) is 23.5. The summed E-state index contributed by atoms with van der Waals surface area (Å²) in [5.41, 5.74) is 3.03. The zero-order valence-corrected chi connectivity index (χ0v) is 18.5. The highest BCUT2D eigenvalue weighted by Crippen LogP contribution is 2.28. The van der Waals surface area contributed by atoms with Crippen LogP contribution in [0.5, 0.6) is 0 Å². The minimum atomic E-state index is -0.797. The van der Waals surface area contributed by atoms with E-state index in [-0.39, 0.29) is 11.4 Å². The minimum absolute atomic E-state index is 0.191. The van der Waals surface area contributed by atoms with Crippen molar-refractivity contribution >= 4 is 41.2 Å². The number of para-hydroxylation sites is 1. The third-order valence-electron chi connectivity index (χ3n) is 5.41. The predicted molar refractivity (Wildman–Crippen MR) is 125 cm³/mol. The van der Waals surface area contributed by atoms with Crippen LogP contribution < -0.4 is 10.2 Å². The van der Waals surface area contributed by atoms with Crippen molar-refractivity contribution in [3.63, 3.8) is 0 Å². The molecular weight excluding hydrogens is 443 g/mol. The second-order valence-electron chi connectivity index (χ2n) is 7.59. The van der Waals surface area contributed by atoms with Gasteiger partial charge < -0.3 is 0 Å². The van der Waals surface area contributed by atoms with Gasteiger partial charge in [0.2, 0.25) is 0 Å². The van der Waals surface area contributed by atoms with Crippen molar-refractivity contribution in [1.29, 1.82) is 0 Å². The Bertz CT molecular complexity index is 1300. The van der Waals surface area contributed by atoms with E-state index < -0.39 is 17.8 Å². The van der Waals surface area contributed by atoms with Gasteiger partial charge in [-0.25, -0.2) is 14.1 Å². The Labute approximate surface area is 195 Å². The fourth-order valence-corrected chi connectivity index (χ4v) is 3.97. The summed E-state index contributed by atoms with van der Waals surface area (Å²) in [6.07, 6.45) is 2.39. The lowest BCUT2D eigenvalue weighted by Gasteiger charge is -2.28. The molecule has 1 saturated heterocycles. The number of anilines is 1. The van der Waals surface area contributed by atoms with Crippen LogP contribution in [0.3, 0.4) is 0 Å². The molecular formula is C26H20ClFN2O3. The summed E-state index contributed by atoms with van der Waals surface area (Å²) >= 11 is 6.18. The Balaban J connectivity index is 1.76. The van der Waals surface area contributed by atoms with Gasteiger partial charge in [0.1, 0.15) is 11.4 Å². The molecule has 1 heterocycles. The van der Waals surface area contributed by atoms with Crippen molar-refractivity contribution < 1.29 is 18.8 Å². The Hall–Kier alpha value is -3.77. The molecule has 0 radical (unpaired) electrons. The highest BCUT2D eigenvalue weighted by Gasteiger charge is 2.37. The maximum atomic E-state index is 13.6. The maximum absolute atomic E-state index is 13.6. The molecule has 166 valence electrons. The van der Waals surface area contributed by atoms with Crippen LogP contribution in [0.1, 0.15) is 29.2 Å². The first-order valence-electron chi connectivity index (χ1n) is 10.4. The monoisotopic (exact) mass is 462 g/mol. The highest BCUT2D eigenvalue weighted by molar-refractivity contribution is 6.39. The predicted octanol–water partition coefficient (Wildman–Crippen LogP) is 5.30. The first kappa shape index (κ1) is 22.4. The number of hydrogen-bond donors (Lipinski definition) is 1. The molecule has 3 aromatic carbocycles. The average Bonchev–Trinajstić information content (AvgIpc) is 2.78. The molecule has 0 aliphatic carbocycles. The lowest BCUT2D eigenvalue weighted by Crippen LogP contribution is -2.54. The minimum Gasteiger partial charge on any atom is -0.273 e. The number of hydrogen-bond acceptors (Lipinski definition) is 3. The number of imide groups is 2. The number of carbonyl (C=O) groups is 3. The van der Waals surface area contributed by atoms with Crippen molar-refractivity contribution in [2.24, 2.45) is 0 Å². The van der Waals surface area contributed by atoms with Crippen LogP contribution in [0.15, 0.2) is 72.3 Å². The molecule has 0 spiro atoms. The number of barbiturate groups is 1. The van der Waals surface area contributed by atoms with Gasteiger partial charge in [0.05, 0.1) is 5.69 Å². The average molecular weight is 463 g/mol. The van der Waals surface area contributed by atoms with E-state index in [4.69, 9.17) is 11.6 Å². The number of benzene rings is 3. The molecule has 33 heavy (non-hydrogen) atoms. The third-order valence-corrected chi connectivity index (χ3v) is 5.64. The van der Waals surface area contributed by atoms with Gasteiger partial charge in [-0.3, -0.25) is 14.9 Å². The second-order valence-corrected chi connectivity index (χ2v) is 8.03. The SMILES string of the molecule is CCc1ccccc1N1C(=O)NC(=O)/C(=C/c2cc(Cl)ccc2Cc2cccc(F)c2)C1=O. The number of carbonyl (C=O) groups excluding carboxylic acids is 3. The molecule has 0 unspecified atom stereocenters. The molecule has 0 bridgehead atoms. The van der Waals surface area contributed by atoms with Gasteiger partial charge in [-0.1, -0.05) is 54.9 Å². The Morgan fingerprint density at radius 2 is 1.76 bits per heavy atom. The lowest BCUT2D eigenvalue weighted by atomic mass is 9.97. The molecule has 4 rings (SSSR count). The van der Waals surface area contributed by atoms with E-state index in [2.05, 4.69) is 5.32 Å². The van der Waals surface area contributed by atoms with Crippen molar-refractivity contribution in [3.05, 3.63) is 105 Å². The summed E-state index contributed by atoms with van der Waals surface area (Å²) in [4.78, 5) is 39.5. The van der Waals surface area contributed by atoms with Gasteiger partial charge in [-0.05, 0) is 71.5 Å². The van der Waals surface area contributed by atoms with Gasteiger partial charge in [0.25, 0.3) is 11.8 Å². The van der Waals surface area contributed by atoms with Crippen LogP contribution in [0.4, 0.5) is 14.9 Å². The summed E-state index contributed by atoms with van der Waals surface area (Å²) < 4.78 is 13.6. The lowest BCUT2D eigenvalue weighted by molar-refractivity contribution is -0.122. The normalized spacial score (nSPS) is 15.2. The number of urea groups is 1. The quantitative estimate of drug-likeness (QED) is 0.413. The second kappa shape index (κ2) is 9.38. The molecule has 0 saturated carbocycles. The van der Waals surface area contributed by atoms with Crippen LogP contribution in [0, 0.1) is 5.82 Å². The summed E-state index contributed by atoms with van der Waals surface area (Å²) in [6.45, 7) is 1.91. The van der Waals surface area contributed by atoms with Gasteiger partial charge in [0.15, 0.2) is 0 Å². The molecule has 3 aromatic rings. The Morgan fingerprint density at radius 1 is 0.970 bits per heavy atom. The number of nitrogens with one attached hydrogen (secondary N) is 1. The summed E-state index contributed by atoms with van der Waals surface area (Å²) in [5, 5.41) is 2.66. The molecule has 1 aliphatic rings. The van der Waals surface area contributed by atoms with Crippen molar-refractivity contribution in [2.45, 2.75) is 19.8 Å². The number of aryl methyl sites for hydroxylation is 1. The molecule has 1 aliphatic heterocycles. The Morgan fingerprint density at radius 3 is 2.52 bits per heavy atom. The molecule has 0 aromatic heterocycles. The van der Waals surface area contributed by atoms with Gasteiger partial charge >= 0.3 is 6.03 Å². The van der Waals surface area contributed by atoms with E-state index in [1.54, 1.807) is 42.5 Å². The van der Waals surface area contributed by atoms with Crippen LogP contribution >= 0.6 is 11.6 Å². The first-order chi connectivity index (χ1) is 15.9. The summed E-state index contributed by atoms with van der Waals surface area (Å²) in [6, 6.07) is 17.5. The fraction of sp³-hybridized carbons (Fsp3) is 0.115. The van der Waals surface area contributed by atoms with Crippen LogP contribution in [-0.4, -0.2) is 17.8 Å². The van der Waals surface area contributed by atoms with Crippen LogP contribution in [0.25, 0.3) is 6.08 Å². The van der Waals surface area contributed by atoms with Gasteiger partial charge in [-0.15, -0.1) is 0 Å². The number of rotatable bonds is 5. The number of amides is 4. The van der Waals surface area contributed by atoms with Crippen molar-refractivity contribution in [3.8, 4) is 0 Å². The van der Waals surface area contributed by atoms with Gasteiger partial charge in [0, 0.05) is 5.02 Å².